The van der Waals surface area contributed by atoms with Gasteiger partial charge in [-0.25, -0.2) is 4.79 Å². The number of rotatable bonds is 16. The number of hydrogen-bond donors (Lipinski definition) is 7. The van der Waals surface area contributed by atoms with Crippen LogP contribution >= 0.6 is 0 Å². The lowest BCUT2D eigenvalue weighted by Crippen LogP contribution is -2.56. The zero-order chi connectivity index (χ0) is 24.8. The number of carboxylic acid groups (broad SMARTS) is 2. The van der Waals surface area contributed by atoms with Crippen molar-refractivity contribution in [1.82, 2.24) is 16.0 Å². The lowest BCUT2D eigenvalue weighted by Gasteiger charge is -2.24. The van der Waals surface area contributed by atoms with E-state index in [0.29, 0.717) is 19.4 Å². The van der Waals surface area contributed by atoms with Crippen molar-refractivity contribution in [3.05, 3.63) is 0 Å². The topological polar surface area (TPSA) is 214 Å². The molecule has 0 aromatic carbocycles. The number of unbranched alkanes of at least 4 members (excludes halogenated alkanes) is 1. The van der Waals surface area contributed by atoms with Gasteiger partial charge >= 0.3 is 11.9 Å². The summed E-state index contributed by atoms with van der Waals surface area (Å²) in [5.41, 5.74) is 11.2. The molecule has 0 aromatic heterocycles. The van der Waals surface area contributed by atoms with E-state index in [0.717, 1.165) is 6.42 Å². The van der Waals surface area contributed by atoms with E-state index in [1.807, 2.05) is 13.8 Å². The van der Waals surface area contributed by atoms with Crippen LogP contribution in [-0.2, 0) is 24.0 Å². The van der Waals surface area contributed by atoms with E-state index < -0.39 is 60.2 Å². The summed E-state index contributed by atoms with van der Waals surface area (Å²) in [5.74, 6) is -4.47. The molecular formula is C20H37N5O7. The summed E-state index contributed by atoms with van der Waals surface area (Å²) < 4.78 is 0. The van der Waals surface area contributed by atoms with Crippen LogP contribution in [0.5, 0.6) is 0 Å². The summed E-state index contributed by atoms with van der Waals surface area (Å²) in [6.07, 6.45) is 1.30. The van der Waals surface area contributed by atoms with E-state index in [1.165, 1.54) is 6.92 Å². The van der Waals surface area contributed by atoms with Gasteiger partial charge in [-0.2, -0.15) is 0 Å². The second kappa shape index (κ2) is 15.1. The molecule has 0 heterocycles. The molecule has 12 heteroatoms. The van der Waals surface area contributed by atoms with Crippen molar-refractivity contribution in [1.29, 1.82) is 0 Å². The number of carbonyl (C=O) groups is 5. The first kappa shape index (κ1) is 29.3. The van der Waals surface area contributed by atoms with Crippen molar-refractivity contribution < 1.29 is 34.2 Å². The molecule has 0 aliphatic heterocycles. The smallest absolute Gasteiger partial charge is 0.326 e. The van der Waals surface area contributed by atoms with Crippen LogP contribution < -0.4 is 27.4 Å². The Bertz CT molecular complexity index is 656. The number of carbonyl (C=O) groups excluding carboxylic acids is 3. The number of aliphatic carboxylic acids is 2. The zero-order valence-corrected chi connectivity index (χ0v) is 18.9. The third-order valence-electron chi connectivity index (χ3n) is 4.66. The Balaban J connectivity index is 5.03. The highest BCUT2D eigenvalue weighted by molar-refractivity contribution is 5.93. The van der Waals surface area contributed by atoms with Crippen LogP contribution in [0, 0.1) is 5.92 Å². The Morgan fingerprint density at radius 3 is 1.91 bits per heavy atom. The van der Waals surface area contributed by atoms with E-state index in [-0.39, 0.29) is 18.8 Å². The Morgan fingerprint density at radius 1 is 0.812 bits per heavy atom. The van der Waals surface area contributed by atoms with E-state index in [1.54, 1.807) is 0 Å². The largest absolute Gasteiger partial charge is 0.481 e. The number of nitrogens with two attached hydrogens (primary N) is 2. The van der Waals surface area contributed by atoms with Gasteiger partial charge in [0.1, 0.15) is 18.1 Å². The minimum Gasteiger partial charge on any atom is -0.481 e. The van der Waals surface area contributed by atoms with Gasteiger partial charge in [-0.05, 0) is 45.1 Å². The molecule has 0 aliphatic rings. The van der Waals surface area contributed by atoms with Crippen molar-refractivity contribution in [2.75, 3.05) is 6.54 Å². The minimum absolute atomic E-state index is 0.0192. The van der Waals surface area contributed by atoms with Crippen LogP contribution in [0.3, 0.4) is 0 Å². The molecule has 0 saturated carbocycles. The summed E-state index contributed by atoms with van der Waals surface area (Å²) >= 11 is 0. The summed E-state index contributed by atoms with van der Waals surface area (Å²) in [6.45, 7) is 5.57. The third-order valence-corrected chi connectivity index (χ3v) is 4.66. The highest BCUT2D eigenvalue weighted by atomic mass is 16.4. The zero-order valence-electron chi connectivity index (χ0n) is 18.9. The number of hydrogen-bond acceptors (Lipinski definition) is 7. The second-order valence-electron chi connectivity index (χ2n) is 8.14. The Kier molecular flexibility index (Phi) is 13.8. The predicted molar refractivity (Wildman–Crippen MR) is 116 cm³/mol. The van der Waals surface area contributed by atoms with Gasteiger partial charge in [-0.1, -0.05) is 20.3 Å². The lowest BCUT2D eigenvalue weighted by atomic mass is 10.0. The van der Waals surface area contributed by atoms with Crippen LogP contribution in [0.15, 0.2) is 0 Å². The highest BCUT2D eigenvalue weighted by Crippen LogP contribution is 2.07. The third kappa shape index (κ3) is 12.2. The normalized spacial score (nSPS) is 14.7. The highest BCUT2D eigenvalue weighted by Gasteiger charge is 2.29. The van der Waals surface area contributed by atoms with Crippen molar-refractivity contribution >= 4 is 29.7 Å². The maximum Gasteiger partial charge on any atom is 0.326 e. The molecular weight excluding hydrogens is 422 g/mol. The molecule has 0 saturated heterocycles. The molecule has 4 unspecified atom stereocenters. The summed E-state index contributed by atoms with van der Waals surface area (Å²) in [4.78, 5) is 59.4. The predicted octanol–water partition coefficient (Wildman–Crippen LogP) is -1.09. The molecule has 0 aliphatic carbocycles. The SMILES string of the molecule is CC(C)CC(NC(=O)C(C)NC(=O)C(N)CCCCN)C(=O)NC(CCC(=O)O)C(=O)O. The van der Waals surface area contributed by atoms with Gasteiger partial charge < -0.3 is 37.6 Å². The van der Waals surface area contributed by atoms with Gasteiger partial charge in [0.2, 0.25) is 17.7 Å². The number of carboxylic acids is 2. The van der Waals surface area contributed by atoms with E-state index in [4.69, 9.17) is 16.6 Å². The summed E-state index contributed by atoms with van der Waals surface area (Å²) in [6, 6.07) is -4.24. The first-order chi connectivity index (χ1) is 14.9. The molecule has 0 bridgehead atoms. The quantitative estimate of drug-likeness (QED) is 0.139. The average molecular weight is 460 g/mol. The monoisotopic (exact) mass is 459 g/mol. The first-order valence-electron chi connectivity index (χ1n) is 10.7. The molecule has 4 atom stereocenters. The van der Waals surface area contributed by atoms with Gasteiger partial charge in [0.15, 0.2) is 0 Å². The molecule has 0 fully saturated rings. The van der Waals surface area contributed by atoms with Crippen LogP contribution in [0.4, 0.5) is 0 Å². The van der Waals surface area contributed by atoms with E-state index >= 15 is 0 Å². The van der Waals surface area contributed by atoms with Crippen LogP contribution in [-0.4, -0.2) is 70.6 Å². The molecule has 0 aromatic rings. The second-order valence-corrected chi connectivity index (χ2v) is 8.14. The molecule has 0 rings (SSSR count). The number of amides is 3. The average Bonchev–Trinajstić information content (AvgIpc) is 2.69. The van der Waals surface area contributed by atoms with Crippen molar-refractivity contribution in [2.24, 2.45) is 17.4 Å². The van der Waals surface area contributed by atoms with Crippen LogP contribution in [0.2, 0.25) is 0 Å². The van der Waals surface area contributed by atoms with Crippen molar-refractivity contribution in [3.8, 4) is 0 Å². The Morgan fingerprint density at radius 2 is 1.41 bits per heavy atom. The van der Waals surface area contributed by atoms with Gasteiger partial charge in [0.25, 0.3) is 0 Å². The summed E-state index contributed by atoms with van der Waals surface area (Å²) in [5, 5.41) is 25.3. The molecule has 0 radical (unpaired) electrons. The summed E-state index contributed by atoms with van der Waals surface area (Å²) in [7, 11) is 0. The molecule has 12 nitrogen and oxygen atoms in total. The van der Waals surface area contributed by atoms with Gasteiger partial charge in [0, 0.05) is 6.42 Å². The van der Waals surface area contributed by atoms with Crippen LogP contribution in [0.1, 0.15) is 59.3 Å². The number of nitrogens with one attached hydrogen (secondary N) is 3. The Labute approximate surface area is 187 Å². The van der Waals surface area contributed by atoms with Crippen molar-refractivity contribution in [2.45, 2.75) is 83.5 Å². The first-order valence-corrected chi connectivity index (χ1v) is 10.7. The molecule has 32 heavy (non-hydrogen) atoms. The molecule has 184 valence electrons. The fraction of sp³-hybridized carbons (Fsp3) is 0.750. The Hall–Kier alpha value is -2.73. The fourth-order valence-electron chi connectivity index (χ4n) is 2.82. The standard InChI is InChI=1S/C20H37N5O7/c1-11(2)10-15(19(30)24-14(20(31)32)7-8-16(26)27)25-17(28)12(3)23-18(29)13(22)6-4-5-9-21/h11-15H,4-10,21-22H2,1-3H3,(H,23,29)(H,24,30)(H,25,28)(H,26,27)(H,31,32). The molecule has 9 N–H and O–H groups in total. The van der Waals surface area contributed by atoms with Gasteiger partial charge in [-0.3, -0.25) is 19.2 Å². The fourth-order valence-corrected chi connectivity index (χ4v) is 2.82. The van der Waals surface area contributed by atoms with E-state index in [9.17, 15) is 29.1 Å². The maximum atomic E-state index is 12.6. The lowest BCUT2D eigenvalue weighted by molar-refractivity contribution is -0.143. The van der Waals surface area contributed by atoms with Crippen LogP contribution in [0.25, 0.3) is 0 Å². The van der Waals surface area contributed by atoms with E-state index in [2.05, 4.69) is 16.0 Å². The van der Waals surface area contributed by atoms with Crippen molar-refractivity contribution in [3.63, 3.8) is 0 Å². The molecule has 0 spiro atoms. The van der Waals surface area contributed by atoms with Gasteiger partial charge in [-0.15, -0.1) is 0 Å². The minimum atomic E-state index is -1.41. The van der Waals surface area contributed by atoms with Gasteiger partial charge in [0.05, 0.1) is 6.04 Å². The molecule has 3 amide bonds. The maximum absolute atomic E-state index is 12.6.